The first-order chi connectivity index (χ1) is 9.11. The molecule has 0 aromatic carbocycles. The molecular weight excluding hydrogens is 238 g/mol. The zero-order chi connectivity index (χ0) is 13.8. The fourth-order valence-corrected chi connectivity index (χ4v) is 2.57. The highest BCUT2D eigenvalue weighted by Gasteiger charge is 2.31. The van der Waals surface area contributed by atoms with Crippen molar-refractivity contribution in [2.75, 3.05) is 6.54 Å². The molecule has 2 heterocycles. The zero-order valence-corrected chi connectivity index (χ0v) is 12.0. The molecule has 1 fully saturated rings. The van der Waals surface area contributed by atoms with Gasteiger partial charge in [0.15, 0.2) is 0 Å². The molecule has 1 N–H and O–H groups in total. The Morgan fingerprint density at radius 2 is 2.32 bits per heavy atom. The average Bonchev–Trinajstić information content (AvgIpc) is 2.72. The van der Waals surface area contributed by atoms with Gasteiger partial charge in [0.05, 0.1) is 18.3 Å². The van der Waals surface area contributed by atoms with Gasteiger partial charge < -0.3 is 10.2 Å². The number of rotatable bonds is 5. The SMILES string of the molecule is CCc1cccnc1CN1CCC(NC(C)C)C1=O. The maximum absolute atomic E-state index is 12.3. The first-order valence-corrected chi connectivity index (χ1v) is 7.09. The molecule has 1 aromatic rings. The van der Waals surface area contributed by atoms with Crippen molar-refractivity contribution >= 4 is 5.91 Å². The fourth-order valence-electron chi connectivity index (χ4n) is 2.57. The molecule has 0 radical (unpaired) electrons. The maximum atomic E-state index is 12.3. The molecule has 1 saturated heterocycles. The molecule has 1 aliphatic rings. The molecular formula is C15H23N3O. The molecule has 4 heteroatoms. The van der Waals surface area contributed by atoms with E-state index in [0.29, 0.717) is 12.6 Å². The van der Waals surface area contributed by atoms with E-state index >= 15 is 0 Å². The number of likely N-dealkylation sites (tertiary alicyclic amines) is 1. The minimum absolute atomic E-state index is 0.0196. The van der Waals surface area contributed by atoms with Crippen molar-refractivity contribution in [2.24, 2.45) is 0 Å². The Labute approximate surface area is 115 Å². The highest BCUT2D eigenvalue weighted by Crippen LogP contribution is 2.17. The summed E-state index contributed by atoms with van der Waals surface area (Å²) in [5.41, 5.74) is 2.26. The van der Waals surface area contributed by atoms with Gasteiger partial charge in [0.1, 0.15) is 0 Å². The van der Waals surface area contributed by atoms with E-state index in [2.05, 4.69) is 37.1 Å². The van der Waals surface area contributed by atoms with Gasteiger partial charge in [-0.2, -0.15) is 0 Å². The van der Waals surface area contributed by atoms with Crippen LogP contribution in [0.2, 0.25) is 0 Å². The molecule has 0 bridgehead atoms. The van der Waals surface area contributed by atoms with E-state index in [9.17, 15) is 4.79 Å². The van der Waals surface area contributed by atoms with Crippen LogP contribution in [0, 0.1) is 0 Å². The normalized spacial score (nSPS) is 19.5. The quantitative estimate of drug-likeness (QED) is 0.878. The first-order valence-electron chi connectivity index (χ1n) is 7.09. The van der Waals surface area contributed by atoms with Gasteiger partial charge in [0, 0.05) is 18.8 Å². The lowest BCUT2D eigenvalue weighted by atomic mass is 10.1. The summed E-state index contributed by atoms with van der Waals surface area (Å²) in [5.74, 6) is 0.210. The van der Waals surface area contributed by atoms with Gasteiger partial charge in [-0.25, -0.2) is 0 Å². The molecule has 0 spiro atoms. The third-order valence-corrected chi connectivity index (χ3v) is 3.54. The minimum Gasteiger partial charge on any atom is -0.335 e. The predicted octanol–water partition coefficient (Wildman–Crippen LogP) is 1.74. The molecule has 19 heavy (non-hydrogen) atoms. The second kappa shape index (κ2) is 6.15. The van der Waals surface area contributed by atoms with Gasteiger partial charge in [-0.15, -0.1) is 0 Å². The van der Waals surface area contributed by atoms with Crippen LogP contribution >= 0.6 is 0 Å². The molecule has 2 rings (SSSR count). The van der Waals surface area contributed by atoms with Gasteiger partial charge in [0.25, 0.3) is 0 Å². The van der Waals surface area contributed by atoms with Crippen molar-refractivity contribution in [3.05, 3.63) is 29.6 Å². The van der Waals surface area contributed by atoms with E-state index < -0.39 is 0 Å². The third kappa shape index (κ3) is 3.32. The monoisotopic (exact) mass is 261 g/mol. The number of aromatic nitrogens is 1. The van der Waals surface area contributed by atoms with Gasteiger partial charge in [0.2, 0.25) is 5.91 Å². The van der Waals surface area contributed by atoms with Crippen LogP contribution in [-0.2, 0) is 17.8 Å². The Bertz CT molecular complexity index is 445. The van der Waals surface area contributed by atoms with E-state index in [0.717, 1.165) is 25.1 Å². The van der Waals surface area contributed by atoms with E-state index in [-0.39, 0.29) is 11.9 Å². The summed E-state index contributed by atoms with van der Waals surface area (Å²) < 4.78 is 0. The number of nitrogens with zero attached hydrogens (tertiary/aromatic N) is 2. The van der Waals surface area contributed by atoms with E-state index in [4.69, 9.17) is 0 Å². The van der Waals surface area contributed by atoms with Crippen LogP contribution in [0.25, 0.3) is 0 Å². The Morgan fingerprint density at radius 1 is 1.53 bits per heavy atom. The molecule has 1 amide bonds. The van der Waals surface area contributed by atoms with Crippen LogP contribution in [0.15, 0.2) is 18.3 Å². The van der Waals surface area contributed by atoms with E-state index in [1.165, 1.54) is 5.56 Å². The molecule has 1 atom stereocenters. The Kier molecular flexibility index (Phi) is 4.53. The molecule has 1 aliphatic heterocycles. The number of nitrogens with one attached hydrogen (secondary N) is 1. The lowest BCUT2D eigenvalue weighted by Crippen LogP contribution is -2.41. The summed E-state index contributed by atoms with van der Waals surface area (Å²) in [5, 5.41) is 3.32. The number of hydrogen-bond donors (Lipinski definition) is 1. The van der Waals surface area contributed by atoms with Crippen LogP contribution in [0.5, 0.6) is 0 Å². The Hall–Kier alpha value is -1.42. The molecule has 4 nitrogen and oxygen atoms in total. The molecule has 1 unspecified atom stereocenters. The number of pyridine rings is 1. The topological polar surface area (TPSA) is 45.2 Å². The van der Waals surface area contributed by atoms with Crippen LogP contribution in [0.1, 0.15) is 38.4 Å². The highest BCUT2D eigenvalue weighted by atomic mass is 16.2. The number of hydrogen-bond acceptors (Lipinski definition) is 3. The summed E-state index contributed by atoms with van der Waals surface area (Å²) in [4.78, 5) is 18.6. The van der Waals surface area contributed by atoms with Crippen molar-refractivity contribution in [2.45, 2.75) is 52.2 Å². The van der Waals surface area contributed by atoms with Crippen molar-refractivity contribution in [3.63, 3.8) is 0 Å². The van der Waals surface area contributed by atoms with Crippen molar-refractivity contribution in [1.82, 2.24) is 15.2 Å². The van der Waals surface area contributed by atoms with E-state index in [1.54, 1.807) is 6.20 Å². The Morgan fingerprint density at radius 3 is 3.00 bits per heavy atom. The second-order valence-electron chi connectivity index (χ2n) is 5.39. The summed E-state index contributed by atoms with van der Waals surface area (Å²) in [6.07, 6.45) is 3.66. The number of carbonyl (C=O) groups excluding carboxylic acids is 1. The maximum Gasteiger partial charge on any atom is 0.240 e. The van der Waals surface area contributed by atoms with E-state index in [1.807, 2.05) is 11.0 Å². The lowest BCUT2D eigenvalue weighted by Gasteiger charge is -2.19. The number of aryl methyl sites for hydroxylation is 1. The van der Waals surface area contributed by atoms with Crippen LogP contribution in [-0.4, -0.2) is 34.4 Å². The van der Waals surface area contributed by atoms with Gasteiger partial charge in [-0.3, -0.25) is 9.78 Å². The van der Waals surface area contributed by atoms with Crippen molar-refractivity contribution < 1.29 is 4.79 Å². The number of amides is 1. The standard InChI is InChI=1S/C15H23N3O/c1-4-12-6-5-8-16-14(12)10-18-9-7-13(15(18)19)17-11(2)3/h5-6,8,11,13,17H,4,7,9-10H2,1-3H3. The third-order valence-electron chi connectivity index (χ3n) is 3.54. The Balaban J connectivity index is 2.02. The van der Waals surface area contributed by atoms with Crippen molar-refractivity contribution in [1.29, 1.82) is 0 Å². The molecule has 1 aromatic heterocycles. The summed E-state index contributed by atoms with van der Waals surface area (Å²) >= 11 is 0. The molecule has 0 aliphatic carbocycles. The average molecular weight is 261 g/mol. The van der Waals surface area contributed by atoms with Gasteiger partial charge in [-0.05, 0) is 24.5 Å². The zero-order valence-electron chi connectivity index (χ0n) is 12.0. The predicted molar refractivity (Wildman–Crippen MR) is 75.7 cm³/mol. The molecule has 104 valence electrons. The minimum atomic E-state index is -0.0196. The van der Waals surface area contributed by atoms with Crippen LogP contribution < -0.4 is 5.32 Å². The summed E-state index contributed by atoms with van der Waals surface area (Å²) in [6.45, 7) is 7.73. The first kappa shape index (κ1) is 14.0. The fraction of sp³-hybridized carbons (Fsp3) is 0.600. The summed E-state index contributed by atoms with van der Waals surface area (Å²) in [6, 6.07) is 4.37. The molecule has 0 saturated carbocycles. The largest absolute Gasteiger partial charge is 0.335 e. The second-order valence-corrected chi connectivity index (χ2v) is 5.39. The van der Waals surface area contributed by atoms with Gasteiger partial charge in [-0.1, -0.05) is 26.8 Å². The lowest BCUT2D eigenvalue weighted by molar-refractivity contribution is -0.130. The van der Waals surface area contributed by atoms with Crippen LogP contribution in [0.3, 0.4) is 0 Å². The smallest absolute Gasteiger partial charge is 0.240 e. The number of carbonyl (C=O) groups is 1. The van der Waals surface area contributed by atoms with Gasteiger partial charge >= 0.3 is 0 Å². The summed E-state index contributed by atoms with van der Waals surface area (Å²) in [7, 11) is 0. The van der Waals surface area contributed by atoms with Crippen LogP contribution in [0.4, 0.5) is 0 Å². The highest BCUT2D eigenvalue weighted by molar-refractivity contribution is 5.84. The van der Waals surface area contributed by atoms with Crippen molar-refractivity contribution in [3.8, 4) is 0 Å².